The van der Waals surface area contributed by atoms with E-state index in [2.05, 4.69) is 10.1 Å². The molecule has 1 saturated heterocycles. The van der Waals surface area contributed by atoms with E-state index in [1.807, 2.05) is 86.2 Å². The molecule has 2 heterocycles. The van der Waals surface area contributed by atoms with Crippen molar-refractivity contribution in [1.82, 2.24) is 19.9 Å². The molecule has 0 spiro atoms. The number of hydrogen-bond donors (Lipinski definition) is 2. The summed E-state index contributed by atoms with van der Waals surface area (Å²) in [6.07, 6.45) is 11.2. The maximum absolute atomic E-state index is 12.7. The van der Waals surface area contributed by atoms with Crippen molar-refractivity contribution in [3.8, 4) is 23.0 Å². The molecule has 0 bridgehead atoms. The molecule has 1 saturated carbocycles. The Morgan fingerprint density at radius 1 is 1.20 bits per heavy atom. The Bertz CT molecular complexity index is 1680. The zero-order valence-corrected chi connectivity index (χ0v) is 26.7. The third kappa shape index (κ3) is 7.71. The van der Waals surface area contributed by atoms with Gasteiger partial charge in [-0.3, -0.25) is 9.59 Å². The van der Waals surface area contributed by atoms with E-state index in [-0.39, 0.29) is 11.8 Å². The van der Waals surface area contributed by atoms with Crippen LogP contribution in [-0.4, -0.2) is 58.1 Å². The molecule has 1 amide bonds. The first kappa shape index (κ1) is 32.2. The number of benzene rings is 2. The molecule has 11 heteroatoms. The van der Waals surface area contributed by atoms with Crippen LogP contribution in [0.4, 0.5) is 0 Å². The number of likely N-dealkylation sites (tertiary alicyclic amines) is 1. The number of aliphatic imine (C=N–C) groups is 1. The van der Waals surface area contributed by atoms with Gasteiger partial charge in [-0.05, 0) is 78.9 Å². The number of ether oxygens (including phenoxy) is 1. The number of hydrogen-bond acceptors (Lipinski definition) is 9. The van der Waals surface area contributed by atoms with Crippen LogP contribution in [0, 0.1) is 5.92 Å². The van der Waals surface area contributed by atoms with Gasteiger partial charge in [0.15, 0.2) is 5.82 Å². The summed E-state index contributed by atoms with van der Waals surface area (Å²) in [5.41, 5.74) is 15.6. The van der Waals surface area contributed by atoms with E-state index in [1.165, 1.54) is 12.3 Å². The van der Waals surface area contributed by atoms with E-state index in [1.54, 1.807) is 12.4 Å². The van der Waals surface area contributed by atoms with Gasteiger partial charge >= 0.3 is 0 Å². The number of amides is 1. The first-order valence-corrected chi connectivity index (χ1v) is 15.4. The number of aromatic nitrogens is 2. The maximum atomic E-state index is 12.7. The molecule has 1 unspecified atom stereocenters. The SMILES string of the molecule is CC(C)/C(N)=C/C=C(\N)c1ccc(Oc2cc(-c3nc(C4(C)CC(=O)N(C5CC5)C4)no3)ccc2CN(C)C=N/C=C\C=O)cc1. The highest BCUT2D eigenvalue weighted by molar-refractivity contribution is 5.81. The van der Waals surface area contributed by atoms with Crippen LogP contribution in [0.2, 0.25) is 0 Å². The maximum Gasteiger partial charge on any atom is 0.258 e. The second kappa shape index (κ2) is 13.8. The number of carbonyl (C=O) groups is 2. The quantitative estimate of drug-likeness (QED) is 0.0865. The summed E-state index contributed by atoms with van der Waals surface area (Å²) in [7, 11) is 1.87. The van der Waals surface area contributed by atoms with Crippen molar-refractivity contribution in [2.45, 2.75) is 58.0 Å². The fraction of sp³-hybridized carbons (Fsp3) is 0.343. The van der Waals surface area contributed by atoms with Gasteiger partial charge in [0.1, 0.15) is 17.8 Å². The summed E-state index contributed by atoms with van der Waals surface area (Å²) in [4.78, 5) is 35.9. The molecule has 1 aliphatic carbocycles. The molecule has 2 aromatic carbocycles. The average molecular weight is 624 g/mol. The highest BCUT2D eigenvalue weighted by Gasteiger charge is 2.48. The van der Waals surface area contributed by atoms with Crippen LogP contribution in [0.15, 0.2) is 82.1 Å². The molecule has 2 aliphatic rings. The average Bonchev–Trinajstić information content (AvgIpc) is 3.66. The van der Waals surface area contributed by atoms with Crippen molar-refractivity contribution in [2.24, 2.45) is 22.4 Å². The van der Waals surface area contributed by atoms with E-state index < -0.39 is 5.41 Å². The van der Waals surface area contributed by atoms with Crippen LogP contribution in [0.25, 0.3) is 17.2 Å². The Kier molecular flexibility index (Phi) is 9.69. The molecular weight excluding hydrogens is 582 g/mol. The van der Waals surface area contributed by atoms with E-state index in [0.717, 1.165) is 29.7 Å². The zero-order valence-electron chi connectivity index (χ0n) is 26.7. The van der Waals surface area contributed by atoms with Gasteiger partial charge in [0.2, 0.25) is 5.91 Å². The molecule has 46 heavy (non-hydrogen) atoms. The summed E-state index contributed by atoms with van der Waals surface area (Å²) in [5, 5.41) is 4.30. The number of allylic oxidation sites excluding steroid dienone is 4. The molecule has 3 aromatic rings. The fourth-order valence-corrected chi connectivity index (χ4v) is 5.19. The van der Waals surface area contributed by atoms with Crippen LogP contribution in [0.1, 0.15) is 57.0 Å². The number of carbonyl (C=O) groups excluding carboxylic acids is 2. The molecule has 1 aliphatic heterocycles. The fourth-order valence-electron chi connectivity index (χ4n) is 5.19. The second-order valence-corrected chi connectivity index (χ2v) is 12.5. The Balaban J connectivity index is 1.40. The van der Waals surface area contributed by atoms with Crippen molar-refractivity contribution in [2.75, 3.05) is 13.6 Å². The Hall–Kier alpha value is -5.19. The van der Waals surface area contributed by atoms with Crippen molar-refractivity contribution in [1.29, 1.82) is 0 Å². The standard InChI is InChI=1S/C35H41N7O4/c1-23(2)29(36)14-15-30(37)24-8-12-28(13-9-24)45-31-18-25(6-7-26(31)20-41(4)22-38-16-5-17-43)33-39-34(40-46-33)35(3)19-32(44)42(21-35)27-10-11-27/h5-9,12-18,22-23,27H,10-11,19-21,36-37H2,1-4H3/b16-5-,29-14-,30-15-,38-22?. The van der Waals surface area contributed by atoms with Crippen molar-refractivity contribution in [3.05, 3.63) is 89.5 Å². The lowest BCUT2D eigenvalue weighted by Crippen LogP contribution is -2.31. The highest BCUT2D eigenvalue weighted by atomic mass is 16.5. The number of aldehydes is 1. The number of nitrogens with zero attached hydrogens (tertiary/aromatic N) is 5. The van der Waals surface area contributed by atoms with Gasteiger partial charge in [-0.15, -0.1) is 0 Å². The lowest BCUT2D eigenvalue weighted by atomic mass is 9.89. The highest BCUT2D eigenvalue weighted by Crippen LogP contribution is 2.40. The van der Waals surface area contributed by atoms with Gasteiger partial charge in [0, 0.05) is 61.3 Å². The smallest absolute Gasteiger partial charge is 0.258 e. The minimum absolute atomic E-state index is 0.144. The number of nitrogens with two attached hydrogens (primary N) is 2. The normalized spacial score (nSPS) is 19.2. The Labute approximate surface area is 269 Å². The summed E-state index contributed by atoms with van der Waals surface area (Å²) >= 11 is 0. The van der Waals surface area contributed by atoms with Gasteiger partial charge in [-0.2, -0.15) is 4.98 Å². The molecule has 1 aromatic heterocycles. The van der Waals surface area contributed by atoms with E-state index in [9.17, 15) is 9.59 Å². The molecule has 0 radical (unpaired) electrons. The second-order valence-electron chi connectivity index (χ2n) is 12.5. The Morgan fingerprint density at radius 3 is 2.65 bits per heavy atom. The topological polar surface area (TPSA) is 153 Å². The molecule has 5 rings (SSSR count). The monoisotopic (exact) mass is 623 g/mol. The molecular formula is C35H41N7O4. The molecule has 4 N–H and O–H groups in total. The predicted octanol–water partition coefficient (Wildman–Crippen LogP) is 5.15. The summed E-state index contributed by atoms with van der Waals surface area (Å²) in [6.45, 7) is 7.13. The van der Waals surface area contributed by atoms with Gasteiger partial charge < -0.3 is 30.5 Å². The van der Waals surface area contributed by atoms with Crippen LogP contribution in [-0.2, 0) is 21.5 Å². The van der Waals surface area contributed by atoms with Crippen molar-refractivity contribution >= 4 is 24.2 Å². The first-order chi connectivity index (χ1) is 22.1. The minimum Gasteiger partial charge on any atom is -0.457 e. The largest absolute Gasteiger partial charge is 0.457 e. The molecule has 240 valence electrons. The Morgan fingerprint density at radius 2 is 1.96 bits per heavy atom. The summed E-state index contributed by atoms with van der Waals surface area (Å²) in [6, 6.07) is 13.5. The van der Waals surface area contributed by atoms with E-state index in [4.69, 9.17) is 25.7 Å². The van der Waals surface area contributed by atoms with Crippen LogP contribution >= 0.6 is 0 Å². The summed E-state index contributed by atoms with van der Waals surface area (Å²) < 4.78 is 12.1. The molecule has 2 fully saturated rings. The van der Waals surface area contributed by atoms with E-state index in [0.29, 0.717) is 66.3 Å². The lowest BCUT2D eigenvalue weighted by molar-refractivity contribution is -0.128. The van der Waals surface area contributed by atoms with Crippen LogP contribution in [0.3, 0.4) is 0 Å². The van der Waals surface area contributed by atoms with Gasteiger partial charge in [-0.1, -0.05) is 32.0 Å². The molecule has 1 atom stereocenters. The number of rotatable bonds is 13. The van der Waals surface area contributed by atoms with Crippen LogP contribution in [0.5, 0.6) is 11.5 Å². The lowest BCUT2D eigenvalue weighted by Gasteiger charge is -2.20. The van der Waals surface area contributed by atoms with Crippen LogP contribution < -0.4 is 16.2 Å². The first-order valence-electron chi connectivity index (χ1n) is 15.4. The molecule has 11 nitrogen and oxygen atoms in total. The predicted molar refractivity (Wildman–Crippen MR) is 177 cm³/mol. The van der Waals surface area contributed by atoms with Crippen molar-refractivity contribution < 1.29 is 18.8 Å². The zero-order chi connectivity index (χ0) is 32.8. The van der Waals surface area contributed by atoms with Gasteiger partial charge in [0.05, 0.1) is 11.8 Å². The van der Waals surface area contributed by atoms with Gasteiger partial charge in [0.25, 0.3) is 5.89 Å². The van der Waals surface area contributed by atoms with Gasteiger partial charge in [-0.25, -0.2) is 4.99 Å². The summed E-state index contributed by atoms with van der Waals surface area (Å²) in [5.74, 6) is 2.45. The minimum atomic E-state index is -0.505. The van der Waals surface area contributed by atoms with Crippen molar-refractivity contribution in [3.63, 3.8) is 0 Å². The third-order valence-electron chi connectivity index (χ3n) is 8.12. The third-order valence-corrected chi connectivity index (χ3v) is 8.12. The van der Waals surface area contributed by atoms with E-state index >= 15 is 0 Å².